The lowest BCUT2D eigenvalue weighted by molar-refractivity contribution is -0.267. The molecule has 0 saturated carbocycles. The third kappa shape index (κ3) is 7.76. The SMILES string of the molecule is CCCCCCC(/C=C/C(=O)O)OO. The van der Waals surface area contributed by atoms with Crippen LogP contribution in [0.25, 0.3) is 0 Å². The maximum atomic E-state index is 10.2. The van der Waals surface area contributed by atoms with Crippen molar-refractivity contribution in [3.05, 3.63) is 12.2 Å². The fraction of sp³-hybridized carbons (Fsp3) is 0.700. The van der Waals surface area contributed by atoms with Crippen LogP contribution in [0, 0.1) is 0 Å². The van der Waals surface area contributed by atoms with Gasteiger partial charge in [0.2, 0.25) is 0 Å². The van der Waals surface area contributed by atoms with E-state index in [9.17, 15) is 4.79 Å². The van der Waals surface area contributed by atoms with E-state index in [2.05, 4.69) is 11.8 Å². The molecule has 14 heavy (non-hydrogen) atoms. The summed E-state index contributed by atoms with van der Waals surface area (Å²) in [7, 11) is 0. The smallest absolute Gasteiger partial charge is 0.328 e. The van der Waals surface area contributed by atoms with Gasteiger partial charge in [-0.25, -0.2) is 9.68 Å². The van der Waals surface area contributed by atoms with Crippen molar-refractivity contribution in [2.75, 3.05) is 0 Å². The minimum atomic E-state index is -1.03. The Kier molecular flexibility index (Phi) is 8.17. The minimum absolute atomic E-state index is 0.497. The maximum absolute atomic E-state index is 10.2. The van der Waals surface area contributed by atoms with Gasteiger partial charge in [0.15, 0.2) is 0 Å². The van der Waals surface area contributed by atoms with Gasteiger partial charge in [-0.1, -0.05) is 32.6 Å². The number of rotatable bonds is 8. The lowest BCUT2D eigenvalue weighted by Crippen LogP contribution is -2.07. The van der Waals surface area contributed by atoms with Crippen molar-refractivity contribution in [2.45, 2.75) is 45.1 Å². The number of carboxylic acids is 1. The highest BCUT2D eigenvalue weighted by molar-refractivity contribution is 5.79. The normalized spacial score (nSPS) is 13.3. The standard InChI is InChI=1S/C10H18O4/c1-2-3-4-5-6-9(14-13)7-8-10(11)12/h7-9,13H,2-6H2,1H3,(H,11,12)/b8-7+. The summed E-state index contributed by atoms with van der Waals surface area (Å²) in [6.45, 7) is 2.12. The lowest BCUT2D eigenvalue weighted by Gasteiger charge is -2.07. The van der Waals surface area contributed by atoms with Crippen molar-refractivity contribution in [3.8, 4) is 0 Å². The van der Waals surface area contributed by atoms with E-state index < -0.39 is 12.1 Å². The highest BCUT2D eigenvalue weighted by atomic mass is 17.1. The van der Waals surface area contributed by atoms with E-state index in [1.54, 1.807) is 0 Å². The predicted molar refractivity (Wildman–Crippen MR) is 53.0 cm³/mol. The Bertz CT molecular complexity index is 177. The van der Waals surface area contributed by atoms with Crippen LogP contribution in [0.3, 0.4) is 0 Å². The Morgan fingerprint density at radius 1 is 1.43 bits per heavy atom. The van der Waals surface area contributed by atoms with E-state index in [1.807, 2.05) is 0 Å². The Labute approximate surface area is 84.1 Å². The van der Waals surface area contributed by atoms with Gasteiger partial charge in [-0.15, -0.1) is 0 Å². The molecular formula is C10H18O4. The number of carbonyl (C=O) groups is 1. The van der Waals surface area contributed by atoms with E-state index >= 15 is 0 Å². The molecule has 0 aliphatic heterocycles. The van der Waals surface area contributed by atoms with E-state index in [1.165, 1.54) is 6.08 Å². The molecule has 82 valence electrons. The van der Waals surface area contributed by atoms with Crippen molar-refractivity contribution < 1.29 is 20.0 Å². The van der Waals surface area contributed by atoms with Gasteiger partial charge in [0, 0.05) is 6.08 Å². The van der Waals surface area contributed by atoms with E-state index in [4.69, 9.17) is 10.4 Å². The van der Waals surface area contributed by atoms with Crippen molar-refractivity contribution in [3.63, 3.8) is 0 Å². The molecule has 0 bridgehead atoms. The molecule has 0 radical (unpaired) electrons. The zero-order valence-electron chi connectivity index (χ0n) is 8.48. The Morgan fingerprint density at radius 2 is 2.14 bits per heavy atom. The molecule has 0 saturated heterocycles. The third-order valence-electron chi connectivity index (χ3n) is 1.93. The van der Waals surface area contributed by atoms with Gasteiger partial charge in [0.1, 0.15) is 6.10 Å². The molecule has 0 aliphatic carbocycles. The van der Waals surface area contributed by atoms with Gasteiger partial charge in [0.25, 0.3) is 0 Å². The van der Waals surface area contributed by atoms with Crippen LogP contribution in [0.5, 0.6) is 0 Å². The average molecular weight is 202 g/mol. The number of unbranched alkanes of at least 4 members (excludes halogenated alkanes) is 3. The topological polar surface area (TPSA) is 66.8 Å². The fourth-order valence-electron chi connectivity index (χ4n) is 1.15. The Morgan fingerprint density at radius 3 is 2.64 bits per heavy atom. The lowest BCUT2D eigenvalue weighted by atomic mass is 10.1. The molecular weight excluding hydrogens is 184 g/mol. The predicted octanol–water partition coefficient (Wildman–Crippen LogP) is 2.46. The quantitative estimate of drug-likeness (QED) is 0.274. The van der Waals surface area contributed by atoms with Gasteiger partial charge in [-0.2, -0.15) is 0 Å². The summed E-state index contributed by atoms with van der Waals surface area (Å²) < 4.78 is 0. The molecule has 0 heterocycles. The van der Waals surface area contributed by atoms with Crippen LogP contribution in [-0.4, -0.2) is 22.4 Å². The molecule has 4 heteroatoms. The first-order valence-electron chi connectivity index (χ1n) is 4.92. The van der Waals surface area contributed by atoms with Gasteiger partial charge >= 0.3 is 5.97 Å². The van der Waals surface area contributed by atoms with Crippen LogP contribution in [0.2, 0.25) is 0 Å². The number of hydrogen-bond acceptors (Lipinski definition) is 3. The van der Waals surface area contributed by atoms with Crippen LogP contribution in [0.1, 0.15) is 39.0 Å². The molecule has 0 aromatic carbocycles. The molecule has 1 unspecified atom stereocenters. The summed E-state index contributed by atoms with van der Waals surface area (Å²) in [5.41, 5.74) is 0. The maximum Gasteiger partial charge on any atom is 0.328 e. The molecule has 4 nitrogen and oxygen atoms in total. The summed E-state index contributed by atoms with van der Waals surface area (Å²) in [6.07, 6.45) is 6.81. The first-order chi connectivity index (χ1) is 6.70. The first-order valence-corrected chi connectivity index (χ1v) is 4.92. The van der Waals surface area contributed by atoms with E-state index in [0.717, 1.165) is 31.8 Å². The molecule has 0 spiro atoms. The van der Waals surface area contributed by atoms with Gasteiger partial charge in [-0.05, 0) is 12.5 Å². The van der Waals surface area contributed by atoms with Crippen LogP contribution >= 0.6 is 0 Å². The number of hydrogen-bond donors (Lipinski definition) is 2. The molecule has 0 rings (SSSR count). The summed E-state index contributed by atoms with van der Waals surface area (Å²) >= 11 is 0. The largest absolute Gasteiger partial charge is 0.478 e. The third-order valence-corrected chi connectivity index (χ3v) is 1.93. The summed E-state index contributed by atoms with van der Waals surface area (Å²) in [4.78, 5) is 14.3. The second-order valence-corrected chi connectivity index (χ2v) is 3.19. The van der Waals surface area contributed by atoms with Crippen LogP contribution in [0.15, 0.2) is 12.2 Å². The molecule has 0 amide bonds. The van der Waals surface area contributed by atoms with Crippen molar-refractivity contribution in [2.24, 2.45) is 0 Å². The van der Waals surface area contributed by atoms with Gasteiger partial charge < -0.3 is 5.11 Å². The second kappa shape index (κ2) is 8.72. The first kappa shape index (κ1) is 13.1. The zero-order chi connectivity index (χ0) is 10.8. The van der Waals surface area contributed by atoms with Crippen LogP contribution in [0.4, 0.5) is 0 Å². The van der Waals surface area contributed by atoms with Gasteiger partial charge in [-0.3, -0.25) is 5.26 Å². The van der Waals surface area contributed by atoms with Crippen LogP contribution < -0.4 is 0 Å². The summed E-state index contributed by atoms with van der Waals surface area (Å²) in [6, 6.07) is 0. The Balaban J connectivity index is 3.63. The molecule has 0 fully saturated rings. The highest BCUT2D eigenvalue weighted by Gasteiger charge is 2.04. The van der Waals surface area contributed by atoms with E-state index in [0.29, 0.717) is 6.42 Å². The average Bonchev–Trinajstić information content (AvgIpc) is 2.16. The van der Waals surface area contributed by atoms with Crippen molar-refractivity contribution in [1.82, 2.24) is 0 Å². The van der Waals surface area contributed by atoms with Crippen LogP contribution in [-0.2, 0) is 9.68 Å². The Hall–Kier alpha value is -0.870. The fourth-order valence-corrected chi connectivity index (χ4v) is 1.15. The second-order valence-electron chi connectivity index (χ2n) is 3.19. The van der Waals surface area contributed by atoms with E-state index in [-0.39, 0.29) is 0 Å². The zero-order valence-corrected chi connectivity index (χ0v) is 8.48. The molecule has 0 aliphatic rings. The minimum Gasteiger partial charge on any atom is -0.478 e. The van der Waals surface area contributed by atoms with Crippen molar-refractivity contribution in [1.29, 1.82) is 0 Å². The van der Waals surface area contributed by atoms with Crippen molar-refractivity contribution >= 4 is 5.97 Å². The number of aliphatic carboxylic acids is 1. The molecule has 0 aromatic heterocycles. The number of carboxylic acid groups (broad SMARTS) is 1. The summed E-state index contributed by atoms with van der Waals surface area (Å²) in [5.74, 6) is -1.03. The monoisotopic (exact) mass is 202 g/mol. The molecule has 2 N–H and O–H groups in total. The molecule has 0 aromatic rings. The molecule has 1 atom stereocenters. The highest BCUT2D eigenvalue weighted by Crippen LogP contribution is 2.08. The summed E-state index contributed by atoms with van der Waals surface area (Å²) in [5, 5.41) is 16.8. The van der Waals surface area contributed by atoms with Gasteiger partial charge in [0.05, 0.1) is 0 Å².